The quantitative estimate of drug-likeness (QED) is 0.139. The molecule has 0 spiro atoms. The Morgan fingerprint density at radius 3 is 2.00 bits per heavy atom. The summed E-state index contributed by atoms with van der Waals surface area (Å²) in [6.45, 7) is 12.6. The van der Waals surface area contributed by atoms with Gasteiger partial charge in [0.2, 0.25) is 0 Å². The molecule has 0 atom stereocenters. The van der Waals surface area contributed by atoms with Crippen LogP contribution in [0.15, 0.2) is 183 Å². The van der Waals surface area contributed by atoms with Gasteiger partial charge < -0.3 is 4.90 Å². The van der Waals surface area contributed by atoms with Crippen LogP contribution in [0.2, 0.25) is 0 Å². The van der Waals surface area contributed by atoms with Crippen LogP contribution in [-0.2, 0) is 0 Å². The second kappa shape index (κ2) is 14.1. The lowest BCUT2D eigenvalue weighted by atomic mass is 9.99. The predicted molar refractivity (Wildman–Crippen MR) is 205 cm³/mol. The summed E-state index contributed by atoms with van der Waals surface area (Å²) >= 11 is 1.83. The number of thiophene rings is 1. The zero-order valence-electron chi connectivity index (χ0n) is 26.4. The first-order chi connectivity index (χ1) is 22.6. The molecule has 0 unspecified atom stereocenters. The molecule has 0 N–H and O–H groups in total. The molecule has 0 fully saturated rings. The molecule has 2 heteroatoms. The standard InChI is InChI=1S/C44H37NS/c1-5-14-34(15-6-2)38-28-30-39(31-29-38)45(42-20-13-19-41-40-18-11-12-21-43(40)46-44(41)42)32(4)22-23-33(7-3)36-24-26-37(27-25-36)35-16-9-8-10-17-35/h5-31H,1,4H2,2-3H3/b15-6-,23-22-,33-7+,34-14+. The molecule has 0 aliphatic rings. The van der Waals surface area contributed by atoms with E-state index in [2.05, 4.69) is 171 Å². The highest BCUT2D eigenvalue weighted by Gasteiger charge is 2.18. The SMILES string of the molecule is C=C/C=C(\C=C/C)c1ccc(N(C(=C)/C=C\C(=C/C)c2ccc(-c3ccccc3)cc2)c2cccc3c2sc2ccccc23)cc1. The number of nitrogens with zero attached hydrogens (tertiary/aromatic N) is 1. The van der Waals surface area contributed by atoms with Crippen molar-refractivity contribution in [3.05, 3.63) is 194 Å². The Kier molecular flexibility index (Phi) is 9.38. The summed E-state index contributed by atoms with van der Waals surface area (Å²) in [7, 11) is 0. The molecule has 5 aromatic carbocycles. The molecule has 46 heavy (non-hydrogen) atoms. The maximum Gasteiger partial charge on any atom is 0.0640 e. The van der Waals surface area contributed by atoms with Gasteiger partial charge in [-0.25, -0.2) is 0 Å². The smallest absolute Gasteiger partial charge is 0.0640 e. The van der Waals surface area contributed by atoms with Crippen molar-refractivity contribution >= 4 is 54.0 Å². The first-order valence-corrected chi connectivity index (χ1v) is 16.4. The van der Waals surface area contributed by atoms with Gasteiger partial charge in [-0.2, -0.15) is 0 Å². The monoisotopic (exact) mass is 611 g/mol. The molecule has 0 bridgehead atoms. The molecule has 6 rings (SSSR count). The second-order valence-corrected chi connectivity index (χ2v) is 12.1. The molecule has 1 heterocycles. The fourth-order valence-electron chi connectivity index (χ4n) is 5.83. The van der Waals surface area contributed by atoms with E-state index in [4.69, 9.17) is 0 Å². The third-order valence-corrected chi connectivity index (χ3v) is 9.31. The lowest BCUT2D eigenvalue weighted by Gasteiger charge is -2.26. The van der Waals surface area contributed by atoms with Gasteiger partial charge in [-0.05, 0) is 77.6 Å². The molecule has 1 nitrogen and oxygen atoms in total. The Morgan fingerprint density at radius 2 is 1.28 bits per heavy atom. The minimum atomic E-state index is 0.883. The van der Waals surface area contributed by atoms with Gasteiger partial charge in [0.25, 0.3) is 0 Å². The zero-order chi connectivity index (χ0) is 31.9. The van der Waals surface area contributed by atoms with E-state index in [1.807, 2.05) is 36.5 Å². The van der Waals surface area contributed by atoms with E-state index >= 15 is 0 Å². The third-order valence-electron chi connectivity index (χ3n) is 8.11. The van der Waals surface area contributed by atoms with Crippen molar-refractivity contribution in [2.24, 2.45) is 0 Å². The van der Waals surface area contributed by atoms with E-state index in [0.29, 0.717) is 0 Å². The first kappa shape index (κ1) is 30.6. The minimum absolute atomic E-state index is 0.883. The van der Waals surface area contributed by atoms with Crippen LogP contribution in [0.1, 0.15) is 25.0 Å². The Labute approximate surface area is 276 Å². The topological polar surface area (TPSA) is 3.24 Å². The lowest BCUT2D eigenvalue weighted by molar-refractivity contribution is 1.23. The van der Waals surface area contributed by atoms with Gasteiger partial charge >= 0.3 is 0 Å². The van der Waals surface area contributed by atoms with Gasteiger partial charge in [0.05, 0.1) is 10.4 Å². The van der Waals surface area contributed by atoms with E-state index in [1.54, 1.807) is 0 Å². The molecular formula is C44H37NS. The molecule has 1 aromatic heterocycles. The van der Waals surface area contributed by atoms with Crippen molar-refractivity contribution in [1.29, 1.82) is 0 Å². The van der Waals surface area contributed by atoms with Crippen LogP contribution in [-0.4, -0.2) is 0 Å². The van der Waals surface area contributed by atoms with Gasteiger partial charge in [0.15, 0.2) is 0 Å². The molecule has 0 radical (unpaired) electrons. The molecule has 224 valence electrons. The molecule has 0 aliphatic carbocycles. The fraction of sp³-hybridized carbons (Fsp3) is 0.0455. The summed E-state index contributed by atoms with van der Waals surface area (Å²) < 4.78 is 2.52. The van der Waals surface area contributed by atoms with Crippen LogP contribution in [0, 0.1) is 0 Å². The number of rotatable bonds is 10. The molecular weight excluding hydrogens is 575 g/mol. The Balaban J connectivity index is 1.39. The van der Waals surface area contributed by atoms with Gasteiger partial charge in [-0.1, -0.05) is 147 Å². The maximum atomic E-state index is 4.62. The number of allylic oxidation sites excluding steroid dienone is 9. The van der Waals surface area contributed by atoms with Crippen LogP contribution < -0.4 is 4.90 Å². The zero-order valence-corrected chi connectivity index (χ0v) is 27.2. The van der Waals surface area contributed by atoms with Crippen LogP contribution >= 0.6 is 11.3 Å². The normalized spacial score (nSPS) is 12.4. The average Bonchev–Trinajstić information content (AvgIpc) is 3.49. The second-order valence-electron chi connectivity index (χ2n) is 11.0. The van der Waals surface area contributed by atoms with Crippen LogP contribution in [0.25, 0.3) is 42.4 Å². The predicted octanol–water partition coefficient (Wildman–Crippen LogP) is 13.2. The van der Waals surface area contributed by atoms with E-state index in [9.17, 15) is 0 Å². The van der Waals surface area contributed by atoms with E-state index in [0.717, 1.165) is 33.8 Å². The number of benzene rings is 5. The summed E-state index contributed by atoms with van der Waals surface area (Å²) in [6.07, 6.45) is 14.5. The average molecular weight is 612 g/mol. The van der Waals surface area contributed by atoms with Crippen molar-refractivity contribution in [2.75, 3.05) is 4.90 Å². The third kappa shape index (κ3) is 6.35. The van der Waals surface area contributed by atoms with Gasteiger partial charge in [-0.15, -0.1) is 11.3 Å². The summed E-state index contributed by atoms with van der Waals surface area (Å²) in [5, 5.41) is 2.54. The van der Waals surface area contributed by atoms with Crippen molar-refractivity contribution in [1.82, 2.24) is 0 Å². The van der Waals surface area contributed by atoms with E-state index in [1.165, 1.54) is 36.9 Å². The van der Waals surface area contributed by atoms with Gasteiger partial charge in [0, 0.05) is 26.9 Å². The minimum Gasteiger partial charge on any atom is -0.310 e. The lowest BCUT2D eigenvalue weighted by Crippen LogP contribution is -2.14. The van der Waals surface area contributed by atoms with Crippen LogP contribution in [0.4, 0.5) is 11.4 Å². The van der Waals surface area contributed by atoms with E-state index < -0.39 is 0 Å². The summed E-state index contributed by atoms with van der Waals surface area (Å²) in [5.74, 6) is 0. The highest BCUT2D eigenvalue weighted by Crippen LogP contribution is 2.43. The first-order valence-electron chi connectivity index (χ1n) is 15.6. The largest absolute Gasteiger partial charge is 0.310 e. The molecule has 0 aliphatic heterocycles. The highest BCUT2D eigenvalue weighted by molar-refractivity contribution is 7.26. The maximum absolute atomic E-state index is 4.62. The number of hydrogen-bond acceptors (Lipinski definition) is 2. The molecule has 0 saturated heterocycles. The summed E-state index contributed by atoms with van der Waals surface area (Å²) in [5.41, 5.74) is 10.0. The Morgan fingerprint density at radius 1 is 0.630 bits per heavy atom. The molecule has 0 saturated carbocycles. The summed E-state index contributed by atoms with van der Waals surface area (Å²) in [4.78, 5) is 2.27. The van der Waals surface area contributed by atoms with Crippen LogP contribution in [0.3, 0.4) is 0 Å². The fourth-order valence-corrected chi connectivity index (χ4v) is 7.04. The number of fused-ring (bicyclic) bond motifs is 3. The molecule has 6 aromatic rings. The van der Waals surface area contributed by atoms with Crippen LogP contribution in [0.5, 0.6) is 0 Å². The molecule has 0 amide bonds. The van der Waals surface area contributed by atoms with E-state index in [-0.39, 0.29) is 0 Å². The number of anilines is 2. The van der Waals surface area contributed by atoms with Gasteiger partial charge in [-0.3, -0.25) is 0 Å². The Hall–Kier alpha value is -5.44. The van der Waals surface area contributed by atoms with Crippen molar-refractivity contribution in [2.45, 2.75) is 13.8 Å². The Bertz CT molecular complexity index is 2120. The van der Waals surface area contributed by atoms with Crippen molar-refractivity contribution in [3.8, 4) is 11.1 Å². The van der Waals surface area contributed by atoms with Crippen molar-refractivity contribution in [3.63, 3.8) is 0 Å². The number of hydrogen-bond donors (Lipinski definition) is 0. The highest BCUT2D eigenvalue weighted by atomic mass is 32.1. The van der Waals surface area contributed by atoms with Crippen molar-refractivity contribution < 1.29 is 0 Å². The summed E-state index contributed by atoms with van der Waals surface area (Å²) in [6, 6.07) is 43.2. The van der Waals surface area contributed by atoms with Gasteiger partial charge in [0.1, 0.15) is 0 Å².